The van der Waals surface area contributed by atoms with Gasteiger partial charge in [-0.05, 0) is 24.6 Å². The van der Waals surface area contributed by atoms with Crippen LogP contribution in [0.4, 0.5) is 10.5 Å². The van der Waals surface area contributed by atoms with E-state index in [1.165, 1.54) is 9.21 Å². The Kier molecular flexibility index (Phi) is 5.92. The summed E-state index contributed by atoms with van der Waals surface area (Å²) in [6.07, 6.45) is 1.50. The highest BCUT2D eigenvalue weighted by Gasteiger charge is 2.38. The summed E-state index contributed by atoms with van der Waals surface area (Å²) in [7, 11) is -3.44. The van der Waals surface area contributed by atoms with Crippen LogP contribution in [0.15, 0.2) is 22.7 Å². The molecule has 1 saturated heterocycles. The van der Waals surface area contributed by atoms with Gasteiger partial charge in [-0.1, -0.05) is 22.8 Å². The summed E-state index contributed by atoms with van der Waals surface area (Å²) in [6, 6.07) is 4.75. The van der Waals surface area contributed by atoms with Crippen molar-refractivity contribution in [2.24, 2.45) is 0 Å². The van der Waals surface area contributed by atoms with Crippen LogP contribution in [-0.2, 0) is 16.4 Å². The predicted octanol–water partition coefficient (Wildman–Crippen LogP) is 2.06. The molecule has 0 saturated carbocycles. The third-order valence-electron chi connectivity index (χ3n) is 4.47. The van der Waals surface area contributed by atoms with Gasteiger partial charge in [0.1, 0.15) is 0 Å². The van der Waals surface area contributed by atoms with Crippen LogP contribution >= 0.6 is 11.6 Å². The molecular weight excluding hydrogens is 406 g/mol. The SMILES string of the molecule is Cc1ccc(NC(=O)N2CC(N(CCc3noc(C)n3)S(C)(=O)=O)C2)c(Cl)c1. The molecule has 9 nitrogen and oxygen atoms in total. The molecule has 1 aliphatic rings. The van der Waals surface area contributed by atoms with Crippen molar-refractivity contribution in [3.63, 3.8) is 0 Å². The number of likely N-dealkylation sites (tertiary alicyclic amines) is 1. The molecule has 0 spiro atoms. The molecule has 3 rings (SSSR count). The maximum absolute atomic E-state index is 12.4. The van der Waals surface area contributed by atoms with E-state index >= 15 is 0 Å². The number of halogens is 1. The Hall–Kier alpha value is -2.17. The second-order valence-corrected chi connectivity index (χ2v) is 9.17. The third-order valence-corrected chi connectivity index (χ3v) is 6.12. The van der Waals surface area contributed by atoms with Crippen LogP contribution in [0, 0.1) is 13.8 Å². The Morgan fingerprint density at radius 1 is 1.39 bits per heavy atom. The molecule has 0 unspecified atom stereocenters. The number of hydrogen-bond acceptors (Lipinski definition) is 6. The van der Waals surface area contributed by atoms with Gasteiger partial charge < -0.3 is 14.7 Å². The number of aryl methyl sites for hydroxylation is 2. The number of aromatic nitrogens is 2. The molecule has 152 valence electrons. The van der Waals surface area contributed by atoms with Crippen molar-refractivity contribution < 1.29 is 17.7 Å². The lowest BCUT2D eigenvalue weighted by molar-refractivity contribution is 0.109. The molecular formula is C17H22ClN5O4S. The minimum atomic E-state index is -3.44. The van der Waals surface area contributed by atoms with Gasteiger partial charge in [0.2, 0.25) is 15.9 Å². The maximum atomic E-state index is 12.4. The molecule has 1 aromatic carbocycles. The van der Waals surface area contributed by atoms with Crippen LogP contribution in [0.2, 0.25) is 5.02 Å². The summed E-state index contributed by atoms with van der Waals surface area (Å²) in [5.41, 5.74) is 1.51. The first-order valence-electron chi connectivity index (χ1n) is 8.71. The first-order valence-corrected chi connectivity index (χ1v) is 10.9. The van der Waals surface area contributed by atoms with E-state index in [4.69, 9.17) is 16.1 Å². The van der Waals surface area contributed by atoms with Crippen molar-refractivity contribution in [1.82, 2.24) is 19.3 Å². The highest BCUT2D eigenvalue weighted by Crippen LogP contribution is 2.25. The monoisotopic (exact) mass is 427 g/mol. The molecule has 0 radical (unpaired) electrons. The van der Waals surface area contributed by atoms with Crippen molar-refractivity contribution in [2.75, 3.05) is 31.2 Å². The van der Waals surface area contributed by atoms with Gasteiger partial charge in [-0.15, -0.1) is 0 Å². The zero-order valence-corrected chi connectivity index (χ0v) is 17.4. The molecule has 1 aliphatic heterocycles. The van der Waals surface area contributed by atoms with Gasteiger partial charge in [0.15, 0.2) is 5.82 Å². The Bertz CT molecular complexity index is 972. The molecule has 0 atom stereocenters. The summed E-state index contributed by atoms with van der Waals surface area (Å²) in [4.78, 5) is 18.0. The summed E-state index contributed by atoms with van der Waals surface area (Å²) in [5, 5.41) is 6.99. The van der Waals surface area contributed by atoms with Crippen LogP contribution in [0.25, 0.3) is 0 Å². The van der Waals surface area contributed by atoms with Crippen LogP contribution in [0.5, 0.6) is 0 Å². The number of urea groups is 1. The number of nitrogens with one attached hydrogen (secondary N) is 1. The Morgan fingerprint density at radius 3 is 2.68 bits per heavy atom. The average Bonchev–Trinajstić information content (AvgIpc) is 2.96. The minimum absolute atomic E-state index is 0.224. The number of carbonyl (C=O) groups is 1. The van der Waals surface area contributed by atoms with Crippen LogP contribution in [0.3, 0.4) is 0 Å². The van der Waals surface area contributed by atoms with Crippen molar-refractivity contribution >= 4 is 33.3 Å². The fraction of sp³-hybridized carbons (Fsp3) is 0.471. The molecule has 28 heavy (non-hydrogen) atoms. The number of amides is 2. The van der Waals surface area contributed by atoms with Gasteiger partial charge in [-0.25, -0.2) is 13.2 Å². The number of hydrogen-bond donors (Lipinski definition) is 1. The average molecular weight is 428 g/mol. The van der Waals surface area contributed by atoms with E-state index < -0.39 is 10.0 Å². The minimum Gasteiger partial charge on any atom is -0.340 e. The largest absolute Gasteiger partial charge is 0.340 e. The molecule has 1 aromatic heterocycles. The zero-order chi connectivity index (χ0) is 20.5. The standard InChI is InChI=1S/C17H22ClN5O4S/c1-11-4-5-15(14(18)8-11)20-17(24)22-9-13(10-22)23(28(3,25)26)7-6-16-19-12(2)27-21-16/h4-5,8,13H,6-7,9-10H2,1-3H3,(H,20,24). The van der Waals surface area contributed by atoms with E-state index in [0.717, 1.165) is 11.8 Å². The zero-order valence-electron chi connectivity index (χ0n) is 15.8. The molecule has 2 amide bonds. The maximum Gasteiger partial charge on any atom is 0.321 e. The van der Waals surface area contributed by atoms with E-state index in [2.05, 4.69) is 15.5 Å². The molecule has 1 fully saturated rings. The quantitative estimate of drug-likeness (QED) is 0.755. The number of anilines is 1. The van der Waals surface area contributed by atoms with Crippen molar-refractivity contribution in [2.45, 2.75) is 26.3 Å². The molecule has 2 heterocycles. The van der Waals surface area contributed by atoms with Gasteiger partial charge in [-0.3, -0.25) is 0 Å². The second kappa shape index (κ2) is 8.06. The van der Waals surface area contributed by atoms with Gasteiger partial charge >= 0.3 is 6.03 Å². The van der Waals surface area contributed by atoms with E-state index in [1.807, 2.05) is 13.0 Å². The van der Waals surface area contributed by atoms with Crippen molar-refractivity contribution in [1.29, 1.82) is 0 Å². The number of nitrogens with zero attached hydrogens (tertiary/aromatic N) is 4. The van der Waals surface area contributed by atoms with Crippen molar-refractivity contribution in [3.05, 3.63) is 40.5 Å². The Morgan fingerprint density at radius 2 is 2.11 bits per heavy atom. The Balaban J connectivity index is 1.57. The molecule has 0 bridgehead atoms. The summed E-state index contributed by atoms with van der Waals surface area (Å²) >= 11 is 6.14. The molecule has 1 N–H and O–H groups in total. The highest BCUT2D eigenvalue weighted by molar-refractivity contribution is 7.88. The van der Waals surface area contributed by atoms with Gasteiger partial charge in [-0.2, -0.15) is 9.29 Å². The highest BCUT2D eigenvalue weighted by atomic mass is 35.5. The number of rotatable bonds is 6. The lowest BCUT2D eigenvalue weighted by Crippen LogP contribution is -2.63. The van der Waals surface area contributed by atoms with Crippen LogP contribution < -0.4 is 5.32 Å². The summed E-state index contributed by atoms with van der Waals surface area (Å²) in [6.45, 7) is 4.41. The summed E-state index contributed by atoms with van der Waals surface area (Å²) < 4.78 is 30.6. The number of benzene rings is 1. The van der Waals surface area contributed by atoms with E-state index in [1.54, 1.807) is 19.1 Å². The number of carbonyl (C=O) groups excluding carboxylic acids is 1. The van der Waals surface area contributed by atoms with E-state index in [0.29, 0.717) is 41.9 Å². The van der Waals surface area contributed by atoms with Crippen molar-refractivity contribution in [3.8, 4) is 0 Å². The fourth-order valence-electron chi connectivity index (χ4n) is 2.99. The van der Waals surface area contributed by atoms with Gasteiger partial charge in [0.25, 0.3) is 0 Å². The summed E-state index contributed by atoms with van der Waals surface area (Å²) in [5.74, 6) is 0.885. The van der Waals surface area contributed by atoms with Crippen LogP contribution in [-0.4, -0.2) is 65.7 Å². The molecule has 0 aliphatic carbocycles. The number of sulfonamides is 1. The first-order chi connectivity index (χ1) is 13.1. The lowest BCUT2D eigenvalue weighted by Gasteiger charge is -2.44. The van der Waals surface area contributed by atoms with Gasteiger partial charge in [0.05, 0.1) is 23.0 Å². The smallest absolute Gasteiger partial charge is 0.321 e. The fourth-order valence-corrected chi connectivity index (χ4v) is 4.37. The molecule has 11 heteroatoms. The third kappa shape index (κ3) is 4.81. The normalized spacial score (nSPS) is 15.0. The molecule has 2 aromatic rings. The van der Waals surface area contributed by atoms with E-state index in [-0.39, 0.29) is 18.6 Å². The van der Waals surface area contributed by atoms with E-state index in [9.17, 15) is 13.2 Å². The first kappa shape index (κ1) is 20.6. The predicted molar refractivity (Wildman–Crippen MR) is 105 cm³/mol. The Labute approximate surface area is 168 Å². The second-order valence-electron chi connectivity index (χ2n) is 6.83. The topological polar surface area (TPSA) is 109 Å². The lowest BCUT2D eigenvalue weighted by atomic mass is 10.1. The van der Waals surface area contributed by atoms with Crippen LogP contribution in [0.1, 0.15) is 17.3 Å². The van der Waals surface area contributed by atoms with Gasteiger partial charge in [0, 0.05) is 33.0 Å².